The Bertz CT molecular complexity index is 592. The molecule has 0 amide bonds. The van der Waals surface area contributed by atoms with E-state index in [4.69, 9.17) is 5.11 Å². The van der Waals surface area contributed by atoms with E-state index in [1.165, 1.54) is 21.9 Å². The fraction of sp³-hybridized carbons (Fsp3) is 0.545. The molecule has 0 aliphatic carbocycles. The molecule has 0 spiro atoms. The van der Waals surface area contributed by atoms with Crippen LogP contribution in [0.3, 0.4) is 0 Å². The van der Waals surface area contributed by atoms with Gasteiger partial charge in [-0.1, -0.05) is 18.3 Å². The molecule has 0 aromatic carbocycles. The first-order valence-corrected chi connectivity index (χ1v) is 6.65. The minimum atomic E-state index is -0.148. The lowest BCUT2D eigenvalue weighted by atomic mass is 10.4. The van der Waals surface area contributed by atoms with Crippen molar-refractivity contribution < 1.29 is 5.11 Å². The Morgan fingerprint density at radius 2 is 2.33 bits per heavy atom. The number of likely N-dealkylation sites (N-methyl/N-ethyl adjacent to an activating group) is 1. The van der Waals surface area contributed by atoms with E-state index in [0.29, 0.717) is 23.7 Å². The number of fused-ring (bicyclic) bond motifs is 1. The van der Waals surface area contributed by atoms with Gasteiger partial charge in [-0.2, -0.15) is 9.61 Å². The summed E-state index contributed by atoms with van der Waals surface area (Å²) in [4.78, 5) is 18.7. The van der Waals surface area contributed by atoms with E-state index in [1.807, 2.05) is 6.92 Å². The van der Waals surface area contributed by atoms with Crippen molar-refractivity contribution in [3.63, 3.8) is 0 Å². The molecule has 0 saturated heterocycles. The van der Waals surface area contributed by atoms with Crippen LogP contribution in [-0.2, 0) is 6.54 Å². The Hall–Kier alpha value is -1.31. The molecule has 18 heavy (non-hydrogen) atoms. The van der Waals surface area contributed by atoms with E-state index >= 15 is 0 Å². The highest BCUT2D eigenvalue weighted by Crippen LogP contribution is 2.13. The number of rotatable bonds is 5. The lowest BCUT2D eigenvalue weighted by molar-refractivity contribution is 0.196. The zero-order valence-corrected chi connectivity index (χ0v) is 11.3. The number of hydrogen-bond acceptors (Lipinski definition) is 6. The molecule has 0 atom stereocenters. The van der Waals surface area contributed by atoms with Gasteiger partial charge in [-0.3, -0.25) is 9.69 Å². The molecule has 1 N–H and O–H groups in total. The molecule has 0 fully saturated rings. The van der Waals surface area contributed by atoms with Gasteiger partial charge in [0.1, 0.15) is 5.01 Å². The average molecular weight is 268 g/mol. The van der Waals surface area contributed by atoms with Gasteiger partial charge < -0.3 is 5.11 Å². The summed E-state index contributed by atoms with van der Waals surface area (Å²) in [5.74, 6) is 0. The van der Waals surface area contributed by atoms with Crippen LogP contribution in [0.1, 0.15) is 17.6 Å². The van der Waals surface area contributed by atoms with Crippen LogP contribution in [0.2, 0.25) is 0 Å². The van der Waals surface area contributed by atoms with Gasteiger partial charge in [0.2, 0.25) is 4.96 Å². The fourth-order valence-corrected chi connectivity index (χ4v) is 2.69. The van der Waals surface area contributed by atoms with E-state index in [9.17, 15) is 4.79 Å². The highest BCUT2D eigenvalue weighted by molar-refractivity contribution is 7.16. The summed E-state index contributed by atoms with van der Waals surface area (Å²) < 4.78 is 1.33. The number of aliphatic hydroxyl groups is 1. The summed E-state index contributed by atoms with van der Waals surface area (Å²) in [5.41, 5.74) is 0.558. The maximum atomic E-state index is 11.7. The summed E-state index contributed by atoms with van der Waals surface area (Å²) in [6.45, 7) is 6.01. The van der Waals surface area contributed by atoms with Crippen molar-refractivity contribution in [2.45, 2.75) is 20.4 Å². The highest BCUT2D eigenvalue weighted by Gasteiger charge is 2.10. The number of nitrogens with zero attached hydrogens (tertiary/aromatic N) is 4. The molecule has 0 aliphatic heterocycles. The number of aryl methyl sites for hydroxylation is 1. The molecule has 2 heterocycles. The molecule has 2 aromatic rings. The highest BCUT2D eigenvalue weighted by atomic mass is 32.1. The minimum absolute atomic E-state index is 0.121. The van der Waals surface area contributed by atoms with Crippen LogP contribution >= 0.6 is 11.3 Å². The maximum Gasteiger partial charge on any atom is 0.275 e. The summed E-state index contributed by atoms with van der Waals surface area (Å²) >= 11 is 1.41. The smallest absolute Gasteiger partial charge is 0.275 e. The maximum absolute atomic E-state index is 11.7. The van der Waals surface area contributed by atoms with Crippen molar-refractivity contribution in [1.82, 2.24) is 19.5 Å². The van der Waals surface area contributed by atoms with Gasteiger partial charge in [0, 0.05) is 18.3 Å². The molecule has 98 valence electrons. The van der Waals surface area contributed by atoms with Crippen molar-refractivity contribution in [2.24, 2.45) is 0 Å². The first-order chi connectivity index (χ1) is 8.63. The van der Waals surface area contributed by atoms with Gasteiger partial charge in [-0.05, 0) is 13.5 Å². The van der Waals surface area contributed by atoms with Crippen LogP contribution in [-0.4, -0.2) is 44.3 Å². The Morgan fingerprint density at radius 3 is 3.00 bits per heavy atom. The van der Waals surface area contributed by atoms with Crippen LogP contribution in [0.4, 0.5) is 0 Å². The summed E-state index contributed by atoms with van der Waals surface area (Å²) in [5, 5.41) is 14.0. The monoisotopic (exact) mass is 268 g/mol. The molecule has 2 aromatic heterocycles. The molecule has 0 radical (unpaired) electrons. The topological polar surface area (TPSA) is 70.7 Å². The van der Waals surface area contributed by atoms with Gasteiger partial charge in [0.15, 0.2) is 0 Å². The summed E-state index contributed by atoms with van der Waals surface area (Å²) in [6, 6.07) is 1.47. The second-order valence-corrected chi connectivity index (χ2v) is 5.06. The summed E-state index contributed by atoms with van der Waals surface area (Å²) in [6.07, 6.45) is 0. The molecular formula is C11H16N4O2S. The third-order valence-corrected chi connectivity index (χ3v) is 3.53. The quantitative estimate of drug-likeness (QED) is 0.843. The molecule has 0 saturated carbocycles. The third-order valence-electron chi connectivity index (χ3n) is 2.64. The Balaban J connectivity index is 2.30. The predicted octanol–water partition coefficient (Wildman–Crippen LogP) is 0.274. The average Bonchev–Trinajstić information content (AvgIpc) is 2.71. The van der Waals surface area contributed by atoms with Gasteiger partial charge in [0.05, 0.1) is 13.2 Å². The second-order valence-electron chi connectivity index (χ2n) is 4.02. The number of aromatic nitrogens is 3. The van der Waals surface area contributed by atoms with Gasteiger partial charge >= 0.3 is 0 Å². The first-order valence-electron chi connectivity index (χ1n) is 5.83. The molecule has 0 unspecified atom stereocenters. The number of hydrogen-bond donors (Lipinski definition) is 1. The van der Waals surface area contributed by atoms with E-state index in [0.717, 1.165) is 11.6 Å². The van der Waals surface area contributed by atoms with Gasteiger partial charge in [0.25, 0.3) is 5.56 Å². The van der Waals surface area contributed by atoms with E-state index in [-0.39, 0.29) is 12.2 Å². The Labute approximate surface area is 109 Å². The summed E-state index contributed by atoms with van der Waals surface area (Å²) in [7, 11) is 0. The second kappa shape index (κ2) is 5.55. The molecular weight excluding hydrogens is 252 g/mol. The van der Waals surface area contributed by atoms with E-state index in [2.05, 4.69) is 15.0 Å². The molecule has 0 aliphatic rings. The van der Waals surface area contributed by atoms with Crippen molar-refractivity contribution >= 4 is 16.3 Å². The van der Waals surface area contributed by atoms with Crippen LogP contribution in [0, 0.1) is 6.92 Å². The van der Waals surface area contributed by atoms with Gasteiger partial charge in [-0.25, -0.2) is 4.98 Å². The van der Waals surface area contributed by atoms with Crippen molar-refractivity contribution in [2.75, 3.05) is 19.7 Å². The molecule has 2 rings (SSSR count). The normalized spacial score (nSPS) is 11.6. The Morgan fingerprint density at radius 1 is 1.56 bits per heavy atom. The number of aliphatic hydroxyl groups excluding tert-OH is 1. The van der Waals surface area contributed by atoms with Crippen molar-refractivity contribution in [3.05, 3.63) is 27.1 Å². The van der Waals surface area contributed by atoms with Crippen LogP contribution in [0.5, 0.6) is 0 Å². The fourth-order valence-electron chi connectivity index (χ4n) is 1.71. The lowest BCUT2D eigenvalue weighted by Crippen LogP contribution is -2.26. The van der Waals surface area contributed by atoms with E-state index < -0.39 is 0 Å². The SMILES string of the molecule is CCN(CCO)Cc1nn2c(=O)cc(C)nc2s1. The molecule has 0 bridgehead atoms. The van der Waals surface area contributed by atoms with Crippen molar-refractivity contribution in [3.8, 4) is 0 Å². The zero-order valence-electron chi connectivity index (χ0n) is 10.5. The van der Waals surface area contributed by atoms with E-state index in [1.54, 1.807) is 6.92 Å². The lowest BCUT2D eigenvalue weighted by Gasteiger charge is -2.16. The van der Waals surface area contributed by atoms with Crippen LogP contribution in [0.15, 0.2) is 10.9 Å². The van der Waals surface area contributed by atoms with Crippen molar-refractivity contribution in [1.29, 1.82) is 0 Å². The zero-order chi connectivity index (χ0) is 13.1. The van der Waals surface area contributed by atoms with Gasteiger partial charge in [-0.15, -0.1) is 0 Å². The predicted molar refractivity (Wildman–Crippen MR) is 69.9 cm³/mol. The standard InChI is InChI=1S/C11H16N4O2S/c1-3-14(4-5-16)7-9-13-15-10(17)6-8(2)12-11(15)18-9/h6,16H,3-5,7H2,1-2H3. The largest absolute Gasteiger partial charge is 0.395 e. The van der Waals surface area contributed by atoms with Crippen LogP contribution in [0.25, 0.3) is 4.96 Å². The molecule has 6 nitrogen and oxygen atoms in total. The minimum Gasteiger partial charge on any atom is -0.395 e. The molecule has 7 heteroatoms. The third kappa shape index (κ3) is 2.74. The first kappa shape index (κ1) is 13.1. The van der Waals surface area contributed by atoms with Crippen LogP contribution < -0.4 is 5.56 Å². The Kier molecular flexibility index (Phi) is 4.05.